The van der Waals surface area contributed by atoms with Gasteiger partial charge in [0.1, 0.15) is 5.69 Å². The van der Waals surface area contributed by atoms with E-state index in [1.54, 1.807) is 18.2 Å². The lowest BCUT2D eigenvalue weighted by molar-refractivity contribution is 0.441. The Hall–Kier alpha value is -2.08. The summed E-state index contributed by atoms with van der Waals surface area (Å²) in [5.41, 5.74) is 1.79. The van der Waals surface area contributed by atoms with Gasteiger partial charge in [-0.25, -0.2) is 0 Å². The zero-order valence-corrected chi connectivity index (χ0v) is 14.0. The molecule has 7 heteroatoms. The van der Waals surface area contributed by atoms with Crippen LogP contribution < -0.4 is 0 Å². The molecule has 0 bridgehead atoms. The lowest BCUT2D eigenvalue weighted by atomic mass is 10.3. The van der Waals surface area contributed by atoms with Crippen molar-refractivity contribution in [1.82, 2.24) is 9.55 Å². The van der Waals surface area contributed by atoms with Crippen LogP contribution in [0.25, 0.3) is 5.69 Å². The average Bonchev–Trinajstić information content (AvgIpc) is 2.83. The van der Waals surface area contributed by atoms with Crippen LogP contribution in [-0.2, 0) is 0 Å². The second kappa shape index (κ2) is 6.58. The molecule has 0 unspecified atom stereocenters. The van der Waals surface area contributed by atoms with Crippen LogP contribution in [0.15, 0.2) is 53.5 Å². The predicted octanol–water partition coefficient (Wildman–Crippen LogP) is 5.30. The molecular weight excluding hydrogens is 353 g/mol. The Morgan fingerprint density at radius 3 is 2.52 bits per heavy atom. The van der Waals surface area contributed by atoms with Crippen LogP contribution in [0.4, 0.5) is 5.69 Å². The molecule has 0 aliphatic carbocycles. The molecule has 0 amide bonds. The summed E-state index contributed by atoms with van der Waals surface area (Å²) in [6, 6.07) is 14.4. The van der Waals surface area contributed by atoms with Gasteiger partial charge in [0.15, 0.2) is 4.77 Å². The van der Waals surface area contributed by atoms with Crippen molar-refractivity contribution >= 4 is 47.3 Å². The summed E-state index contributed by atoms with van der Waals surface area (Å²) < 4.78 is 1.79. The first-order valence-corrected chi connectivity index (χ1v) is 7.81. The Bertz CT molecular complexity index is 932. The van der Waals surface area contributed by atoms with Crippen molar-refractivity contribution in [2.45, 2.75) is 0 Å². The molecule has 23 heavy (non-hydrogen) atoms. The highest BCUT2D eigenvalue weighted by atomic mass is 35.5. The van der Waals surface area contributed by atoms with Crippen molar-refractivity contribution in [2.75, 3.05) is 0 Å². The number of hydrogen-bond donors (Lipinski definition) is 2. The van der Waals surface area contributed by atoms with E-state index in [0.717, 1.165) is 5.69 Å². The van der Waals surface area contributed by atoms with E-state index in [4.69, 9.17) is 35.4 Å². The number of aromatic amines is 1. The van der Waals surface area contributed by atoms with E-state index >= 15 is 0 Å². The molecule has 0 spiro atoms. The highest BCUT2D eigenvalue weighted by Gasteiger charge is 2.12. The lowest BCUT2D eigenvalue weighted by Crippen LogP contribution is -1.93. The molecule has 1 heterocycles. The fourth-order valence-electron chi connectivity index (χ4n) is 2.05. The Morgan fingerprint density at radius 2 is 1.83 bits per heavy atom. The molecule has 0 aliphatic heterocycles. The largest absolute Gasteiger partial charge is 0.493 e. The van der Waals surface area contributed by atoms with Crippen LogP contribution in [0.2, 0.25) is 10.0 Å². The molecule has 0 atom stereocenters. The number of benzene rings is 2. The van der Waals surface area contributed by atoms with Gasteiger partial charge in [-0.3, -0.25) is 9.56 Å². The maximum atomic E-state index is 10.4. The molecule has 0 radical (unpaired) electrons. The van der Waals surface area contributed by atoms with Gasteiger partial charge in [0, 0.05) is 0 Å². The number of aliphatic imine (C=N–C) groups is 1. The molecule has 116 valence electrons. The normalized spacial score (nSPS) is 11.2. The average molecular weight is 364 g/mol. The van der Waals surface area contributed by atoms with Gasteiger partial charge in [0.05, 0.1) is 27.6 Å². The predicted molar refractivity (Wildman–Crippen MR) is 96.3 cm³/mol. The van der Waals surface area contributed by atoms with Gasteiger partial charge in [0.25, 0.3) is 0 Å². The number of H-pyrrole nitrogens is 1. The van der Waals surface area contributed by atoms with Crippen molar-refractivity contribution in [3.63, 3.8) is 0 Å². The number of nitrogens with one attached hydrogen (secondary N) is 1. The quantitative estimate of drug-likeness (QED) is 0.490. The second-order valence-electron chi connectivity index (χ2n) is 4.70. The monoisotopic (exact) mass is 363 g/mol. The van der Waals surface area contributed by atoms with Crippen molar-refractivity contribution in [2.24, 2.45) is 4.99 Å². The summed E-state index contributed by atoms with van der Waals surface area (Å²) in [5.74, 6) is -0.0481. The molecule has 0 saturated heterocycles. The molecule has 1 aromatic heterocycles. The zero-order chi connectivity index (χ0) is 16.4. The summed E-state index contributed by atoms with van der Waals surface area (Å²) >= 11 is 17.2. The van der Waals surface area contributed by atoms with Crippen LogP contribution in [-0.4, -0.2) is 20.9 Å². The summed E-state index contributed by atoms with van der Waals surface area (Å²) in [7, 11) is 0. The topological polar surface area (TPSA) is 53.3 Å². The third-order valence-corrected chi connectivity index (χ3v) is 4.18. The number of rotatable bonds is 3. The smallest absolute Gasteiger partial charge is 0.224 e. The maximum absolute atomic E-state index is 10.4. The van der Waals surface area contributed by atoms with Gasteiger partial charge in [-0.05, 0) is 42.5 Å². The molecule has 4 nitrogen and oxygen atoms in total. The van der Waals surface area contributed by atoms with Crippen molar-refractivity contribution < 1.29 is 5.11 Å². The van der Waals surface area contributed by atoms with Crippen molar-refractivity contribution in [3.05, 3.63) is 69.0 Å². The first-order chi connectivity index (χ1) is 11.1. The number of imidazole rings is 1. The first kappa shape index (κ1) is 15.8. The number of hydrogen-bond acceptors (Lipinski definition) is 3. The summed E-state index contributed by atoms with van der Waals surface area (Å²) in [4.78, 5) is 7.21. The Morgan fingerprint density at radius 1 is 1.09 bits per heavy atom. The third-order valence-electron chi connectivity index (χ3n) is 3.16. The van der Waals surface area contributed by atoms with Crippen LogP contribution in [0.5, 0.6) is 5.88 Å². The fourth-order valence-corrected chi connectivity index (χ4v) is 2.64. The summed E-state index contributed by atoms with van der Waals surface area (Å²) in [5, 5.41) is 11.2. The van der Waals surface area contributed by atoms with E-state index in [2.05, 4.69) is 9.98 Å². The minimum Gasteiger partial charge on any atom is -0.493 e. The minimum absolute atomic E-state index is 0.0481. The van der Waals surface area contributed by atoms with Crippen LogP contribution >= 0.6 is 35.4 Å². The number of nitrogens with zero attached hydrogens (tertiary/aromatic N) is 2. The number of aromatic hydroxyl groups is 1. The highest BCUT2D eigenvalue weighted by Crippen LogP contribution is 2.28. The Kier molecular flexibility index (Phi) is 4.52. The van der Waals surface area contributed by atoms with Gasteiger partial charge < -0.3 is 10.1 Å². The van der Waals surface area contributed by atoms with Crippen LogP contribution in [0.3, 0.4) is 0 Å². The van der Waals surface area contributed by atoms with Crippen LogP contribution in [0.1, 0.15) is 5.69 Å². The van der Waals surface area contributed by atoms with E-state index in [1.165, 1.54) is 10.8 Å². The summed E-state index contributed by atoms with van der Waals surface area (Å²) in [6.07, 6.45) is 1.52. The molecule has 2 aromatic carbocycles. The van der Waals surface area contributed by atoms with E-state index in [0.29, 0.717) is 26.2 Å². The van der Waals surface area contributed by atoms with Gasteiger partial charge in [-0.2, -0.15) is 0 Å². The summed E-state index contributed by atoms with van der Waals surface area (Å²) in [6.45, 7) is 0. The number of aromatic nitrogens is 2. The third kappa shape index (κ3) is 3.32. The van der Waals surface area contributed by atoms with E-state index in [1.807, 2.05) is 30.3 Å². The Balaban J connectivity index is 2.01. The molecule has 2 N–H and O–H groups in total. The molecule has 0 fully saturated rings. The van der Waals surface area contributed by atoms with E-state index in [9.17, 15) is 5.11 Å². The highest BCUT2D eigenvalue weighted by molar-refractivity contribution is 7.71. The molecule has 0 saturated carbocycles. The van der Waals surface area contributed by atoms with E-state index < -0.39 is 0 Å². The van der Waals surface area contributed by atoms with E-state index in [-0.39, 0.29) is 5.88 Å². The van der Waals surface area contributed by atoms with Crippen molar-refractivity contribution in [3.8, 4) is 11.6 Å². The standard InChI is InChI=1S/C16H11Cl2N3OS/c17-12-7-6-11(8-13(12)18)21-15(22)14(20-16(21)23)9-19-10-4-2-1-3-5-10/h1-9,22H,(H,20,23). The lowest BCUT2D eigenvalue weighted by Gasteiger charge is -2.05. The molecule has 3 aromatic rings. The molecular formula is C16H11Cl2N3OS. The molecule has 0 aliphatic rings. The SMILES string of the molecule is Oc1c(C=Nc2ccccc2)[nH]c(=S)n1-c1ccc(Cl)c(Cl)c1. The number of halogens is 2. The van der Waals surface area contributed by atoms with Gasteiger partial charge in [0.2, 0.25) is 5.88 Å². The van der Waals surface area contributed by atoms with Gasteiger partial charge >= 0.3 is 0 Å². The number of para-hydroxylation sites is 1. The minimum atomic E-state index is -0.0481. The van der Waals surface area contributed by atoms with Gasteiger partial charge in [-0.15, -0.1) is 0 Å². The second-order valence-corrected chi connectivity index (χ2v) is 5.90. The zero-order valence-electron chi connectivity index (χ0n) is 11.7. The fraction of sp³-hybridized carbons (Fsp3) is 0. The molecule has 3 rings (SSSR count). The van der Waals surface area contributed by atoms with Gasteiger partial charge in [-0.1, -0.05) is 41.4 Å². The maximum Gasteiger partial charge on any atom is 0.224 e. The van der Waals surface area contributed by atoms with Crippen LogP contribution in [0, 0.1) is 4.77 Å². The Labute approximate surface area is 147 Å². The van der Waals surface area contributed by atoms with Crippen molar-refractivity contribution in [1.29, 1.82) is 0 Å². The first-order valence-electron chi connectivity index (χ1n) is 6.65.